The normalized spacial score (nSPS) is 11.2. The van der Waals surface area contributed by atoms with E-state index >= 15 is 0 Å². The van der Waals surface area contributed by atoms with E-state index in [1.54, 1.807) is 0 Å². The molecule has 0 N–H and O–H groups in total. The molecule has 0 aliphatic rings. The summed E-state index contributed by atoms with van der Waals surface area (Å²) in [5.41, 5.74) is 4.09. The van der Waals surface area contributed by atoms with E-state index in [0.29, 0.717) is 0 Å². The molecule has 0 heterocycles. The van der Waals surface area contributed by atoms with Crippen molar-refractivity contribution in [1.29, 1.82) is 0 Å². The van der Waals surface area contributed by atoms with Crippen molar-refractivity contribution in [2.45, 2.75) is 52.9 Å². The second-order valence-corrected chi connectivity index (χ2v) is 4.60. The highest BCUT2D eigenvalue weighted by molar-refractivity contribution is 5.51. The van der Waals surface area contributed by atoms with Gasteiger partial charge in [0, 0.05) is 0 Å². The van der Waals surface area contributed by atoms with E-state index in [-0.39, 0.29) is 0 Å². The van der Waals surface area contributed by atoms with Crippen LogP contribution in [0.15, 0.2) is 24.3 Å². The number of hydrogen-bond donors (Lipinski definition) is 0. The number of benzene rings is 1. The molecule has 0 radical (unpaired) electrons. The van der Waals surface area contributed by atoms with Crippen molar-refractivity contribution in [2.75, 3.05) is 0 Å². The van der Waals surface area contributed by atoms with E-state index in [1.807, 2.05) is 0 Å². The minimum absolute atomic E-state index is 1.22. The molecular weight excluding hydrogens is 192 g/mol. The molecular formula is C16H24. The number of rotatable bonds is 6. The highest BCUT2D eigenvalue weighted by Gasteiger charge is 1.92. The molecule has 1 rings (SSSR count). The van der Waals surface area contributed by atoms with Gasteiger partial charge in [-0.3, -0.25) is 0 Å². The molecule has 0 bridgehead atoms. The van der Waals surface area contributed by atoms with Gasteiger partial charge in [0.1, 0.15) is 0 Å². The lowest BCUT2D eigenvalue weighted by Gasteiger charge is -2.00. The van der Waals surface area contributed by atoms with Crippen molar-refractivity contribution >= 4 is 6.08 Å². The Morgan fingerprint density at radius 3 is 2.50 bits per heavy atom. The lowest BCUT2D eigenvalue weighted by Crippen LogP contribution is -1.81. The van der Waals surface area contributed by atoms with E-state index < -0.39 is 0 Å². The number of hydrogen-bond acceptors (Lipinski definition) is 0. The number of allylic oxidation sites excluding steroid dienone is 1. The van der Waals surface area contributed by atoms with Gasteiger partial charge in [-0.2, -0.15) is 0 Å². The lowest BCUT2D eigenvalue weighted by molar-refractivity contribution is 0.675. The Labute approximate surface area is 100 Å². The van der Waals surface area contributed by atoms with Crippen molar-refractivity contribution < 1.29 is 0 Å². The monoisotopic (exact) mass is 216 g/mol. The van der Waals surface area contributed by atoms with E-state index in [9.17, 15) is 0 Å². The fourth-order valence-electron chi connectivity index (χ4n) is 1.78. The van der Waals surface area contributed by atoms with E-state index in [2.05, 4.69) is 51.1 Å². The lowest BCUT2D eigenvalue weighted by atomic mass is 10.1. The maximum absolute atomic E-state index is 2.31. The van der Waals surface area contributed by atoms with Crippen molar-refractivity contribution in [1.82, 2.24) is 0 Å². The van der Waals surface area contributed by atoms with Crippen LogP contribution >= 0.6 is 0 Å². The Morgan fingerprint density at radius 2 is 1.81 bits per heavy atom. The second kappa shape index (κ2) is 7.27. The molecule has 0 unspecified atom stereocenters. The first kappa shape index (κ1) is 13.0. The quantitative estimate of drug-likeness (QED) is 0.567. The zero-order chi connectivity index (χ0) is 11.8. The van der Waals surface area contributed by atoms with E-state index in [0.717, 1.165) is 0 Å². The Bertz CT molecular complexity index is 334. The van der Waals surface area contributed by atoms with Gasteiger partial charge in [0.2, 0.25) is 0 Å². The SMILES string of the molecule is CCCCCCC=Cc1ccc(C)c(C)c1. The van der Waals surface area contributed by atoms with Gasteiger partial charge in [-0.1, -0.05) is 56.5 Å². The molecule has 0 amide bonds. The molecule has 0 aliphatic heterocycles. The molecule has 0 atom stereocenters. The van der Waals surface area contributed by atoms with Crippen LogP contribution in [0.5, 0.6) is 0 Å². The minimum Gasteiger partial charge on any atom is -0.0839 e. The van der Waals surface area contributed by atoms with Crippen molar-refractivity contribution in [3.8, 4) is 0 Å². The van der Waals surface area contributed by atoms with Gasteiger partial charge in [-0.05, 0) is 43.4 Å². The fraction of sp³-hybridized carbons (Fsp3) is 0.500. The van der Waals surface area contributed by atoms with Gasteiger partial charge in [0.05, 0.1) is 0 Å². The molecule has 1 aromatic rings. The zero-order valence-electron chi connectivity index (χ0n) is 10.9. The average Bonchev–Trinajstić information content (AvgIpc) is 2.28. The van der Waals surface area contributed by atoms with E-state index in [1.165, 1.54) is 48.8 Å². The molecule has 0 nitrogen and oxygen atoms in total. The Balaban J connectivity index is 2.35. The second-order valence-electron chi connectivity index (χ2n) is 4.60. The first-order chi connectivity index (χ1) is 7.74. The summed E-state index contributed by atoms with van der Waals surface area (Å²) in [6.07, 6.45) is 11.2. The van der Waals surface area contributed by atoms with Gasteiger partial charge < -0.3 is 0 Å². The maximum Gasteiger partial charge on any atom is -0.0257 e. The van der Waals surface area contributed by atoms with Crippen LogP contribution in [0.1, 0.15) is 55.7 Å². The Kier molecular flexibility index (Phi) is 5.92. The van der Waals surface area contributed by atoms with Crippen LogP contribution < -0.4 is 0 Å². The first-order valence-corrected chi connectivity index (χ1v) is 6.48. The van der Waals surface area contributed by atoms with Gasteiger partial charge in [-0.15, -0.1) is 0 Å². The Morgan fingerprint density at radius 1 is 1.00 bits per heavy atom. The molecule has 0 spiro atoms. The topological polar surface area (TPSA) is 0 Å². The molecule has 0 aliphatic carbocycles. The van der Waals surface area contributed by atoms with Crippen molar-refractivity contribution in [3.63, 3.8) is 0 Å². The van der Waals surface area contributed by atoms with Crippen LogP contribution in [-0.4, -0.2) is 0 Å². The predicted octanol–water partition coefficient (Wildman–Crippen LogP) is 5.29. The van der Waals surface area contributed by atoms with E-state index in [4.69, 9.17) is 0 Å². The third kappa shape index (κ3) is 4.65. The smallest absolute Gasteiger partial charge is 0.0257 e. The van der Waals surface area contributed by atoms with Gasteiger partial charge in [-0.25, -0.2) is 0 Å². The summed E-state index contributed by atoms with van der Waals surface area (Å²) in [6.45, 7) is 6.59. The van der Waals surface area contributed by atoms with Crippen molar-refractivity contribution in [2.24, 2.45) is 0 Å². The van der Waals surface area contributed by atoms with Crippen LogP contribution in [0.25, 0.3) is 6.08 Å². The first-order valence-electron chi connectivity index (χ1n) is 6.48. The number of unbranched alkanes of at least 4 members (excludes halogenated alkanes) is 4. The third-order valence-electron chi connectivity index (χ3n) is 3.07. The summed E-state index contributed by atoms with van der Waals surface area (Å²) in [6, 6.07) is 6.66. The zero-order valence-corrected chi connectivity index (χ0v) is 10.9. The van der Waals surface area contributed by atoms with Crippen LogP contribution in [0, 0.1) is 13.8 Å². The fourth-order valence-corrected chi connectivity index (χ4v) is 1.78. The third-order valence-corrected chi connectivity index (χ3v) is 3.07. The number of aryl methyl sites for hydroxylation is 2. The summed E-state index contributed by atoms with van der Waals surface area (Å²) in [5, 5.41) is 0. The maximum atomic E-state index is 2.31. The summed E-state index contributed by atoms with van der Waals surface area (Å²) in [4.78, 5) is 0. The minimum atomic E-state index is 1.22. The van der Waals surface area contributed by atoms with Gasteiger partial charge in [0.15, 0.2) is 0 Å². The van der Waals surface area contributed by atoms with Crippen molar-refractivity contribution in [3.05, 3.63) is 41.0 Å². The molecule has 88 valence electrons. The largest absolute Gasteiger partial charge is 0.0839 e. The van der Waals surface area contributed by atoms with Crippen LogP contribution in [-0.2, 0) is 0 Å². The van der Waals surface area contributed by atoms with Gasteiger partial charge in [0.25, 0.3) is 0 Å². The standard InChI is InChI=1S/C16H24/c1-4-5-6-7-8-9-10-16-12-11-14(2)15(3)13-16/h9-13H,4-8H2,1-3H3. The molecule has 16 heavy (non-hydrogen) atoms. The summed E-state index contributed by atoms with van der Waals surface area (Å²) < 4.78 is 0. The molecule has 0 aromatic heterocycles. The van der Waals surface area contributed by atoms with Crippen LogP contribution in [0.2, 0.25) is 0 Å². The molecule has 1 aromatic carbocycles. The summed E-state index contributed by atoms with van der Waals surface area (Å²) in [5.74, 6) is 0. The molecule has 0 saturated carbocycles. The predicted molar refractivity (Wildman–Crippen MR) is 73.7 cm³/mol. The average molecular weight is 216 g/mol. The highest BCUT2D eigenvalue weighted by atomic mass is 14.0. The van der Waals surface area contributed by atoms with Crippen LogP contribution in [0.3, 0.4) is 0 Å². The Hall–Kier alpha value is -1.04. The summed E-state index contributed by atoms with van der Waals surface area (Å²) in [7, 11) is 0. The summed E-state index contributed by atoms with van der Waals surface area (Å²) >= 11 is 0. The van der Waals surface area contributed by atoms with Crippen LogP contribution in [0.4, 0.5) is 0 Å². The molecule has 0 fully saturated rings. The van der Waals surface area contributed by atoms with Gasteiger partial charge >= 0.3 is 0 Å². The molecule has 0 saturated heterocycles. The highest BCUT2D eigenvalue weighted by Crippen LogP contribution is 2.12. The molecule has 0 heteroatoms.